The van der Waals surface area contributed by atoms with Gasteiger partial charge >= 0.3 is 0 Å². The molecule has 0 aliphatic carbocycles. The normalized spacial score (nSPS) is 12.2. The molecule has 1 amide bonds. The molecular weight excluding hydrogens is 444 g/mol. The molecule has 1 unspecified atom stereocenters. The first-order valence-electron chi connectivity index (χ1n) is 10.5. The second-order valence-electron chi connectivity index (χ2n) is 7.41. The number of nitrogens with one attached hydrogen (secondary N) is 1. The van der Waals surface area contributed by atoms with Gasteiger partial charge in [0.1, 0.15) is 15.5 Å². The monoisotopic (exact) mass is 472 g/mol. The fourth-order valence-electron chi connectivity index (χ4n) is 3.26. The van der Waals surface area contributed by atoms with E-state index in [2.05, 4.69) is 17.4 Å². The Morgan fingerprint density at radius 1 is 1.09 bits per heavy atom. The molecule has 3 rings (SSSR count). The molecule has 170 valence electrons. The molecule has 0 saturated carbocycles. The number of hydrogen-bond acceptors (Lipinski definition) is 5. The molecular formula is C24H28N2O4S2. The van der Waals surface area contributed by atoms with Gasteiger partial charge < -0.3 is 10.1 Å². The minimum atomic E-state index is -3.90. The van der Waals surface area contributed by atoms with Gasteiger partial charge in [-0.05, 0) is 68.0 Å². The fraction of sp³-hybridized carbons (Fsp3) is 0.292. The molecule has 0 aliphatic heterocycles. The van der Waals surface area contributed by atoms with E-state index in [-0.39, 0.29) is 21.7 Å². The van der Waals surface area contributed by atoms with Crippen molar-refractivity contribution in [2.45, 2.75) is 37.6 Å². The predicted octanol–water partition coefficient (Wildman–Crippen LogP) is 4.72. The van der Waals surface area contributed by atoms with E-state index < -0.39 is 10.0 Å². The summed E-state index contributed by atoms with van der Waals surface area (Å²) in [5, 5.41) is 4.56. The molecule has 1 aromatic heterocycles. The number of hydrogen-bond donors (Lipinski definition) is 1. The van der Waals surface area contributed by atoms with Crippen LogP contribution in [0, 0.1) is 0 Å². The highest BCUT2D eigenvalue weighted by atomic mass is 32.2. The zero-order valence-electron chi connectivity index (χ0n) is 18.4. The van der Waals surface area contributed by atoms with Crippen LogP contribution in [0.4, 0.5) is 5.69 Å². The van der Waals surface area contributed by atoms with E-state index in [1.165, 1.54) is 23.0 Å². The van der Waals surface area contributed by atoms with Crippen LogP contribution in [-0.2, 0) is 16.4 Å². The van der Waals surface area contributed by atoms with Crippen LogP contribution in [0.15, 0.2) is 70.9 Å². The van der Waals surface area contributed by atoms with Crippen molar-refractivity contribution in [2.24, 2.45) is 0 Å². The number of nitrogens with zero attached hydrogens (tertiary/aromatic N) is 1. The number of carbonyl (C=O) groups is 1. The largest absolute Gasteiger partial charge is 0.494 e. The SMILES string of the molecule is CCOc1ccc(N(C)S(=O)(=O)c2ccsc2C(=O)NC(C)CCc2ccccc2)cc1. The molecule has 2 aromatic carbocycles. The Balaban J connectivity index is 1.70. The highest BCUT2D eigenvalue weighted by molar-refractivity contribution is 7.93. The van der Waals surface area contributed by atoms with Crippen LogP contribution in [0.25, 0.3) is 0 Å². The average molecular weight is 473 g/mol. The van der Waals surface area contributed by atoms with Crippen molar-refractivity contribution >= 4 is 33.0 Å². The molecule has 1 atom stereocenters. The lowest BCUT2D eigenvalue weighted by atomic mass is 10.1. The molecule has 0 bridgehead atoms. The number of amides is 1. The Hall–Kier alpha value is -2.84. The Morgan fingerprint density at radius 2 is 1.78 bits per heavy atom. The third-order valence-electron chi connectivity index (χ3n) is 5.07. The van der Waals surface area contributed by atoms with E-state index in [4.69, 9.17) is 4.74 Å². The molecule has 32 heavy (non-hydrogen) atoms. The Kier molecular flexibility index (Phi) is 7.93. The summed E-state index contributed by atoms with van der Waals surface area (Å²) < 4.78 is 33.1. The van der Waals surface area contributed by atoms with Gasteiger partial charge in [0.05, 0.1) is 12.3 Å². The summed E-state index contributed by atoms with van der Waals surface area (Å²) in [6.07, 6.45) is 1.59. The van der Waals surface area contributed by atoms with E-state index in [9.17, 15) is 13.2 Å². The van der Waals surface area contributed by atoms with Crippen molar-refractivity contribution in [1.29, 1.82) is 0 Å². The third-order valence-corrected chi connectivity index (χ3v) is 7.94. The number of benzene rings is 2. The zero-order valence-corrected chi connectivity index (χ0v) is 20.1. The van der Waals surface area contributed by atoms with Crippen LogP contribution in [0.2, 0.25) is 0 Å². The molecule has 8 heteroatoms. The Morgan fingerprint density at radius 3 is 2.44 bits per heavy atom. The number of carbonyl (C=O) groups excluding carboxylic acids is 1. The second kappa shape index (κ2) is 10.7. The van der Waals surface area contributed by atoms with Gasteiger partial charge in [0, 0.05) is 13.1 Å². The first-order chi connectivity index (χ1) is 15.3. The van der Waals surface area contributed by atoms with Crippen molar-refractivity contribution in [3.63, 3.8) is 0 Å². The van der Waals surface area contributed by atoms with Gasteiger partial charge in [0.2, 0.25) is 0 Å². The average Bonchev–Trinajstić information content (AvgIpc) is 3.30. The molecule has 6 nitrogen and oxygen atoms in total. The lowest BCUT2D eigenvalue weighted by molar-refractivity contribution is 0.0939. The quantitative estimate of drug-likeness (QED) is 0.463. The van der Waals surface area contributed by atoms with Crippen LogP contribution in [0.5, 0.6) is 5.75 Å². The van der Waals surface area contributed by atoms with E-state index >= 15 is 0 Å². The first-order valence-corrected chi connectivity index (χ1v) is 12.8. The topological polar surface area (TPSA) is 75.7 Å². The van der Waals surface area contributed by atoms with Gasteiger partial charge in [-0.15, -0.1) is 11.3 Å². The van der Waals surface area contributed by atoms with E-state index in [1.54, 1.807) is 29.6 Å². The molecule has 0 saturated heterocycles. The van der Waals surface area contributed by atoms with Gasteiger partial charge in [0.25, 0.3) is 15.9 Å². The summed E-state index contributed by atoms with van der Waals surface area (Å²) in [6.45, 7) is 4.34. The summed E-state index contributed by atoms with van der Waals surface area (Å²) in [5.41, 5.74) is 1.69. The molecule has 0 spiro atoms. The van der Waals surface area contributed by atoms with Crippen LogP contribution in [-0.4, -0.2) is 34.0 Å². The fourth-order valence-corrected chi connectivity index (χ4v) is 5.76. The zero-order chi connectivity index (χ0) is 23.1. The van der Waals surface area contributed by atoms with Gasteiger partial charge in [0.15, 0.2) is 0 Å². The number of aryl methyl sites for hydroxylation is 1. The molecule has 1 heterocycles. The van der Waals surface area contributed by atoms with Gasteiger partial charge in [-0.2, -0.15) is 0 Å². The highest BCUT2D eigenvalue weighted by Crippen LogP contribution is 2.29. The van der Waals surface area contributed by atoms with E-state index in [0.717, 1.165) is 24.2 Å². The number of ether oxygens (including phenoxy) is 1. The highest BCUT2D eigenvalue weighted by Gasteiger charge is 2.28. The number of rotatable bonds is 10. The summed E-state index contributed by atoms with van der Waals surface area (Å²) in [6, 6.07) is 18.2. The predicted molar refractivity (Wildman–Crippen MR) is 129 cm³/mol. The standard InChI is InChI=1S/C24H28N2O4S2/c1-4-30-21-14-12-20(13-15-21)26(3)32(28,29)22-16-17-31-23(22)24(27)25-18(2)10-11-19-8-6-5-7-9-19/h5-9,12-18H,4,10-11H2,1-3H3,(H,25,27). The van der Waals surface area contributed by atoms with Gasteiger partial charge in [-0.1, -0.05) is 30.3 Å². The van der Waals surface area contributed by atoms with Gasteiger partial charge in [-0.3, -0.25) is 9.10 Å². The van der Waals surface area contributed by atoms with Crippen LogP contribution in [0.3, 0.4) is 0 Å². The molecule has 1 N–H and O–H groups in total. The third kappa shape index (κ3) is 5.69. The van der Waals surface area contributed by atoms with E-state index in [1.807, 2.05) is 32.0 Å². The van der Waals surface area contributed by atoms with Crippen LogP contribution >= 0.6 is 11.3 Å². The van der Waals surface area contributed by atoms with Gasteiger partial charge in [-0.25, -0.2) is 8.42 Å². The number of sulfonamides is 1. The van der Waals surface area contributed by atoms with Crippen LogP contribution in [0.1, 0.15) is 35.5 Å². The molecule has 0 fully saturated rings. The lowest BCUT2D eigenvalue weighted by Crippen LogP contribution is -2.34. The Bertz CT molecular complexity index is 1130. The smallest absolute Gasteiger partial charge is 0.265 e. The maximum Gasteiger partial charge on any atom is 0.265 e. The minimum Gasteiger partial charge on any atom is -0.494 e. The molecule has 0 radical (unpaired) electrons. The summed E-state index contributed by atoms with van der Waals surface area (Å²) >= 11 is 1.12. The second-order valence-corrected chi connectivity index (χ2v) is 10.3. The van der Waals surface area contributed by atoms with Crippen molar-refractivity contribution in [1.82, 2.24) is 5.32 Å². The van der Waals surface area contributed by atoms with Crippen molar-refractivity contribution < 1.29 is 17.9 Å². The summed E-state index contributed by atoms with van der Waals surface area (Å²) in [4.78, 5) is 13.1. The number of thiophene rings is 1. The molecule has 3 aromatic rings. The lowest BCUT2D eigenvalue weighted by Gasteiger charge is -2.20. The molecule has 0 aliphatic rings. The Labute approximate surface area is 193 Å². The van der Waals surface area contributed by atoms with Crippen molar-refractivity contribution in [3.8, 4) is 5.75 Å². The maximum absolute atomic E-state index is 13.2. The van der Waals surface area contributed by atoms with Crippen LogP contribution < -0.4 is 14.4 Å². The van der Waals surface area contributed by atoms with Crippen molar-refractivity contribution in [3.05, 3.63) is 76.5 Å². The number of anilines is 1. The maximum atomic E-state index is 13.2. The van der Waals surface area contributed by atoms with Crippen molar-refractivity contribution in [2.75, 3.05) is 18.0 Å². The summed E-state index contributed by atoms with van der Waals surface area (Å²) in [5.74, 6) is 0.293. The minimum absolute atomic E-state index is 0.00615. The van der Waals surface area contributed by atoms with E-state index in [0.29, 0.717) is 18.0 Å². The summed E-state index contributed by atoms with van der Waals surface area (Å²) in [7, 11) is -2.42. The first kappa shape index (κ1) is 23.8.